The zero-order valence-corrected chi connectivity index (χ0v) is 27.0. The normalized spacial score (nSPS) is 19.0. The van der Waals surface area contributed by atoms with Gasteiger partial charge in [-0.2, -0.15) is 0 Å². The van der Waals surface area contributed by atoms with Crippen LogP contribution in [0.5, 0.6) is 0 Å². The molecule has 3 rings (SSSR count). The number of terminal acetylenes is 1. The number of ether oxygens (including phenoxy) is 1. The van der Waals surface area contributed by atoms with Gasteiger partial charge >= 0.3 is 0 Å². The van der Waals surface area contributed by atoms with E-state index in [9.17, 15) is 13.6 Å². The number of carbonyl (C=O) groups excluding carboxylic acids is 1. The number of rotatable bonds is 7. The molecule has 4 nitrogen and oxygen atoms in total. The summed E-state index contributed by atoms with van der Waals surface area (Å²) in [5.74, 6) is 3.18. The molecular formula is C35H52F2N2O2. The van der Waals surface area contributed by atoms with E-state index in [2.05, 4.69) is 65.9 Å². The second-order valence-corrected chi connectivity index (χ2v) is 11.6. The van der Waals surface area contributed by atoms with E-state index in [-0.39, 0.29) is 35.7 Å². The highest BCUT2D eigenvalue weighted by atomic mass is 19.1. The second kappa shape index (κ2) is 16.5. The van der Waals surface area contributed by atoms with Crippen LogP contribution in [0, 0.1) is 30.0 Å². The van der Waals surface area contributed by atoms with Crippen molar-refractivity contribution in [3.05, 3.63) is 70.2 Å². The molecule has 41 heavy (non-hydrogen) atoms. The monoisotopic (exact) mass is 570 g/mol. The molecule has 1 aromatic carbocycles. The van der Waals surface area contributed by atoms with Crippen LogP contribution >= 0.6 is 0 Å². The summed E-state index contributed by atoms with van der Waals surface area (Å²) in [4.78, 5) is 17.5. The van der Waals surface area contributed by atoms with Crippen molar-refractivity contribution in [2.24, 2.45) is 11.8 Å². The fourth-order valence-corrected chi connectivity index (χ4v) is 5.28. The molecule has 1 fully saturated rings. The molecule has 1 aromatic rings. The summed E-state index contributed by atoms with van der Waals surface area (Å²) in [7, 11) is 0.500. The zero-order chi connectivity index (χ0) is 31.5. The first-order valence-corrected chi connectivity index (χ1v) is 14.7. The Hall–Kier alpha value is -2.91. The van der Waals surface area contributed by atoms with Crippen molar-refractivity contribution in [1.82, 2.24) is 9.80 Å². The molecule has 0 saturated carbocycles. The number of halogens is 2. The number of benzene rings is 1. The third-order valence-corrected chi connectivity index (χ3v) is 7.75. The lowest BCUT2D eigenvalue weighted by molar-refractivity contribution is -0.136. The van der Waals surface area contributed by atoms with Gasteiger partial charge in [-0.15, -0.1) is 6.42 Å². The molecule has 0 aromatic heterocycles. The molecule has 0 radical (unpaired) electrons. The van der Waals surface area contributed by atoms with Gasteiger partial charge in [0.25, 0.3) is 0 Å². The lowest BCUT2D eigenvalue weighted by Gasteiger charge is -2.45. The molecule has 6 heteroatoms. The Balaban J connectivity index is 0.00000201. The summed E-state index contributed by atoms with van der Waals surface area (Å²) in [6.07, 6.45) is 6.96. The SMILES string of the molecule is C#C/C(C1=C(C(=C)C(C)C)COC(C)(C)C1)=C(/C)N1CCN(C(=O)Cc2ccccc2F)C(C(C)C)C1.CC.CF. The lowest BCUT2D eigenvalue weighted by Crippen LogP contribution is -2.57. The molecule has 0 aliphatic carbocycles. The summed E-state index contributed by atoms with van der Waals surface area (Å²) >= 11 is 0. The number of carbonyl (C=O) groups is 1. The van der Waals surface area contributed by atoms with Crippen molar-refractivity contribution < 1.29 is 18.3 Å². The number of piperazine rings is 1. The van der Waals surface area contributed by atoms with Crippen molar-refractivity contribution in [1.29, 1.82) is 0 Å². The lowest BCUT2D eigenvalue weighted by atomic mass is 9.82. The van der Waals surface area contributed by atoms with Gasteiger partial charge in [-0.3, -0.25) is 9.18 Å². The minimum atomic E-state index is -0.334. The van der Waals surface area contributed by atoms with Crippen LogP contribution in [0.4, 0.5) is 8.78 Å². The number of hydrogen-bond acceptors (Lipinski definition) is 3. The van der Waals surface area contributed by atoms with Crippen LogP contribution in [-0.4, -0.2) is 60.8 Å². The summed E-state index contributed by atoms with van der Waals surface area (Å²) < 4.78 is 29.9. The third kappa shape index (κ3) is 9.30. The van der Waals surface area contributed by atoms with Gasteiger partial charge in [0.2, 0.25) is 5.91 Å². The van der Waals surface area contributed by atoms with E-state index in [1.807, 2.05) is 18.7 Å². The average Bonchev–Trinajstić information content (AvgIpc) is 2.95. The fourth-order valence-electron chi connectivity index (χ4n) is 5.28. The maximum Gasteiger partial charge on any atom is 0.227 e. The molecular weight excluding hydrogens is 518 g/mol. The van der Waals surface area contributed by atoms with Gasteiger partial charge in [0, 0.05) is 37.3 Å². The standard InChI is InChI=1S/C32H43FN2O2.C2H6.CH3F/c1-10-26(27-18-32(8,9)37-20-28(27)23(6)21(2)3)24(7)34-15-16-35(30(19-34)22(4)5)31(36)17-25-13-11-12-14-29(25)33;2*1-2/h1,11-14,21-22,30H,6,15-20H2,2-5,7-9H3;1-2H3;1H3/b26-24+;;. The smallest absolute Gasteiger partial charge is 0.227 e. The maximum atomic E-state index is 14.2. The van der Waals surface area contributed by atoms with Crippen molar-refractivity contribution in [2.45, 2.75) is 86.8 Å². The molecule has 0 spiro atoms. The van der Waals surface area contributed by atoms with Crippen molar-refractivity contribution in [2.75, 3.05) is 33.4 Å². The van der Waals surface area contributed by atoms with E-state index in [4.69, 9.17) is 11.2 Å². The molecule has 1 atom stereocenters. The average molecular weight is 571 g/mol. The fraction of sp³-hybridized carbons (Fsp3) is 0.571. The Bertz CT molecular complexity index is 1140. The minimum absolute atomic E-state index is 0.00667. The Morgan fingerprint density at radius 1 is 1.15 bits per heavy atom. The largest absolute Gasteiger partial charge is 0.371 e. The first-order valence-electron chi connectivity index (χ1n) is 14.7. The predicted octanol–water partition coefficient (Wildman–Crippen LogP) is 7.76. The molecule has 0 N–H and O–H groups in total. The van der Waals surface area contributed by atoms with Gasteiger partial charge in [-0.25, -0.2) is 4.39 Å². The van der Waals surface area contributed by atoms with E-state index in [1.54, 1.807) is 18.2 Å². The van der Waals surface area contributed by atoms with Gasteiger partial charge in [-0.05, 0) is 61.0 Å². The van der Waals surface area contributed by atoms with Gasteiger partial charge in [-0.1, -0.05) is 72.2 Å². The van der Waals surface area contributed by atoms with Gasteiger partial charge in [0.1, 0.15) is 5.82 Å². The molecule has 2 aliphatic heterocycles. The Labute approximate surface area is 248 Å². The van der Waals surface area contributed by atoms with Crippen LogP contribution in [0.25, 0.3) is 0 Å². The van der Waals surface area contributed by atoms with E-state index in [0.29, 0.717) is 44.9 Å². The second-order valence-electron chi connectivity index (χ2n) is 11.6. The van der Waals surface area contributed by atoms with Crippen LogP contribution in [0.2, 0.25) is 0 Å². The summed E-state index contributed by atoms with van der Waals surface area (Å²) in [6, 6.07) is 6.52. The highest BCUT2D eigenvalue weighted by molar-refractivity contribution is 5.79. The third-order valence-electron chi connectivity index (χ3n) is 7.75. The van der Waals surface area contributed by atoms with Crippen LogP contribution in [0.1, 0.15) is 74.3 Å². The van der Waals surface area contributed by atoms with E-state index < -0.39 is 0 Å². The number of alkyl halides is 1. The molecule has 2 heterocycles. The van der Waals surface area contributed by atoms with E-state index in [0.717, 1.165) is 34.4 Å². The summed E-state index contributed by atoms with van der Waals surface area (Å²) in [5, 5.41) is 0. The van der Waals surface area contributed by atoms with Crippen LogP contribution in [0.15, 0.2) is 58.8 Å². The Morgan fingerprint density at radius 3 is 2.29 bits per heavy atom. The van der Waals surface area contributed by atoms with Gasteiger partial charge < -0.3 is 14.5 Å². The van der Waals surface area contributed by atoms with Gasteiger partial charge in [0.15, 0.2) is 0 Å². The molecule has 0 bridgehead atoms. The van der Waals surface area contributed by atoms with E-state index >= 15 is 0 Å². The summed E-state index contributed by atoms with van der Waals surface area (Å²) in [5.41, 5.74) is 5.41. The highest BCUT2D eigenvalue weighted by Crippen LogP contribution is 2.38. The number of hydrogen-bond donors (Lipinski definition) is 0. The van der Waals surface area contributed by atoms with Crippen LogP contribution < -0.4 is 0 Å². The molecule has 228 valence electrons. The van der Waals surface area contributed by atoms with Gasteiger partial charge in [0.05, 0.1) is 31.8 Å². The molecule has 1 saturated heterocycles. The maximum absolute atomic E-state index is 14.2. The Kier molecular flexibility index (Phi) is 14.5. The molecule has 2 aliphatic rings. The van der Waals surface area contributed by atoms with Crippen molar-refractivity contribution >= 4 is 5.91 Å². The number of allylic oxidation sites excluding steroid dienone is 2. The van der Waals surface area contributed by atoms with Crippen LogP contribution in [0.3, 0.4) is 0 Å². The zero-order valence-electron chi connectivity index (χ0n) is 27.0. The van der Waals surface area contributed by atoms with E-state index in [1.165, 1.54) is 6.07 Å². The van der Waals surface area contributed by atoms with Crippen LogP contribution in [-0.2, 0) is 16.0 Å². The quantitative estimate of drug-likeness (QED) is 0.314. The van der Waals surface area contributed by atoms with Crippen molar-refractivity contribution in [3.63, 3.8) is 0 Å². The van der Waals surface area contributed by atoms with Crippen molar-refractivity contribution in [3.8, 4) is 12.3 Å². The topological polar surface area (TPSA) is 32.8 Å². The molecule has 1 amide bonds. The highest BCUT2D eigenvalue weighted by Gasteiger charge is 2.35. The predicted molar refractivity (Wildman–Crippen MR) is 168 cm³/mol. The number of amides is 1. The Morgan fingerprint density at radius 2 is 1.76 bits per heavy atom. The summed E-state index contributed by atoms with van der Waals surface area (Å²) in [6.45, 7) is 25.6. The first-order chi connectivity index (χ1) is 19.4. The molecule has 1 unspecified atom stereocenters. The first kappa shape index (κ1) is 36.1. The minimum Gasteiger partial charge on any atom is -0.371 e. The number of nitrogens with zero attached hydrogens (tertiary/aromatic N) is 2.